The van der Waals surface area contributed by atoms with E-state index in [1.54, 1.807) is 25.4 Å². The van der Waals surface area contributed by atoms with Gasteiger partial charge in [-0.15, -0.1) is 0 Å². The van der Waals surface area contributed by atoms with E-state index in [2.05, 4.69) is 15.0 Å². The molecular formula is C12H11N3O2. The molecule has 0 aliphatic rings. The molecule has 86 valence electrons. The van der Waals surface area contributed by atoms with Crippen molar-refractivity contribution in [3.8, 4) is 11.4 Å². The number of esters is 1. The Hall–Kier alpha value is -2.30. The highest BCUT2D eigenvalue weighted by Gasteiger charge is 2.08. The van der Waals surface area contributed by atoms with Crippen molar-refractivity contribution in [3.63, 3.8) is 0 Å². The molecule has 0 saturated carbocycles. The summed E-state index contributed by atoms with van der Waals surface area (Å²) in [5.41, 5.74) is 1.15. The maximum atomic E-state index is 11.4. The molecule has 2 aromatic heterocycles. The molecule has 0 fully saturated rings. The van der Waals surface area contributed by atoms with Gasteiger partial charge in [-0.05, 0) is 19.1 Å². The Morgan fingerprint density at radius 3 is 2.65 bits per heavy atom. The number of hydrogen-bond donors (Lipinski definition) is 0. The van der Waals surface area contributed by atoms with Gasteiger partial charge in [0, 0.05) is 30.4 Å². The average Bonchev–Trinajstić information content (AvgIpc) is 2.40. The first kappa shape index (κ1) is 11.2. The van der Waals surface area contributed by atoms with Gasteiger partial charge in [0.2, 0.25) is 0 Å². The summed E-state index contributed by atoms with van der Waals surface area (Å²) in [6.45, 7) is 2.09. The van der Waals surface area contributed by atoms with Crippen LogP contribution in [0.3, 0.4) is 0 Å². The summed E-state index contributed by atoms with van der Waals surface area (Å²) in [5.74, 6) is 0.122. The van der Waals surface area contributed by atoms with E-state index in [4.69, 9.17) is 4.74 Å². The third-order valence-corrected chi connectivity index (χ3v) is 2.08. The third-order valence-electron chi connectivity index (χ3n) is 2.08. The van der Waals surface area contributed by atoms with Crippen molar-refractivity contribution in [3.05, 3.63) is 42.5 Å². The Morgan fingerprint density at radius 2 is 2.06 bits per heavy atom. The second-order valence-electron chi connectivity index (χ2n) is 3.26. The average molecular weight is 229 g/mol. The molecule has 0 atom stereocenters. The van der Waals surface area contributed by atoms with Crippen LogP contribution in [0.15, 0.2) is 36.9 Å². The summed E-state index contributed by atoms with van der Waals surface area (Å²) in [7, 11) is 0. The molecule has 0 saturated heterocycles. The van der Waals surface area contributed by atoms with Gasteiger partial charge in [-0.25, -0.2) is 14.8 Å². The molecule has 0 radical (unpaired) electrons. The van der Waals surface area contributed by atoms with Crippen LogP contribution in [0.1, 0.15) is 17.3 Å². The van der Waals surface area contributed by atoms with Gasteiger partial charge in [-0.1, -0.05) is 0 Å². The van der Waals surface area contributed by atoms with Gasteiger partial charge in [0.05, 0.1) is 12.2 Å². The van der Waals surface area contributed by atoms with Crippen LogP contribution in [0.4, 0.5) is 0 Å². The van der Waals surface area contributed by atoms with Gasteiger partial charge in [-0.3, -0.25) is 4.98 Å². The number of ether oxygens (including phenoxy) is 1. The van der Waals surface area contributed by atoms with E-state index in [-0.39, 0.29) is 0 Å². The molecule has 2 aromatic rings. The second kappa shape index (κ2) is 5.16. The monoisotopic (exact) mass is 229 g/mol. The van der Waals surface area contributed by atoms with Crippen molar-refractivity contribution in [2.45, 2.75) is 6.92 Å². The fraction of sp³-hybridized carbons (Fsp3) is 0.167. The lowest BCUT2D eigenvalue weighted by atomic mass is 10.2. The third kappa shape index (κ3) is 2.63. The Kier molecular flexibility index (Phi) is 3.40. The minimum absolute atomic E-state index is 0.336. The molecule has 5 nitrogen and oxygen atoms in total. The fourth-order valence-corrected chi connectivity index (χ4v) is 1.29. The fourth-order valence-electron chi connectivity index (χ4n) is 1.29. The van der Waals surface area contributed by atoms with E-state index in [0.29, 0.717) is 18.0 Å². The summed E-state index contributed by atoms with van der Waals surface area (Å²) in [6.07, 6.45) is 6.25. The summed E-state index contributed by atoms with van der Waals surface area (Å²) in [6, 6.07) is 3.66. The zero-order valence-corrected chi connectivity index (χ0v) is 9.33. The van der Waals surface area contributed by atoms with Crippen LogP contribution < -0.4 is 0 Å². The molecule has 0 bridgehead atoms. The van der Waals surface area contributed by atoms with E-state index < -0.39 is 5.97 Å². The topological polar surface area (TPSA) is 65.0 Å². The van der Waals surface area contributed by atoms with Crippen LogP contribution in [0.25, 0.3) is 11.4 Å². The van der Waals surface area contributed by atoms with Crippen molar-refractivity contribution in [2.24, 2.45) is 0 Å². The Morgan fingerprint density at radius 1 is 1.29 bits per heavy atom. The van der Waals surface area contributed by atoms with Crippen LogP contribution >= 0.6 is 0 Å². The zero-order chi connectivity index (χ0) is 12.1. The van der Waals surface area contributed by atoms with Crippen LogP contribution in [0.5, 0.6) is 0 Å². The predicted molar refractivity (Wildman–Crippen MR) is 61.2 cm³/mol. The lowest BCUT2D eigenvalue weighted by Gasteiger charge is -2.02. The maximum Gasteiger partial charge on any atom is 0.341 e. The molecular weight excluding hydrogens is 218 g/mol. The molecule has 5 heteroatoms. The number of carbonyl (C=O) groups excluding carboxylic acids is 1. The van der Waals surface area contributed by atoms with E-state index >= 15 is 0 Å². The Bertz CT molecular complexity index is 497. The standard InChI is InChI=1S/C12H11N3O2/c1-2-17-12(16)10-7-14-11(15-8-10)9-4-3-5-13-6-9/h3-8H,2H2,1H3. The molecule has 0 aliphatic heterocycles. The number of rotatable bonds is 3. The van der Waals surface area contributed by atoms with Gasteiger partial charge in [0.1, 0.15) is 0 Å². The summed E-state index contributed by atoms with van der Waals surface area (Å²) >= 11 is 0. The number of hydrogen-bond acceptors (Lipinski definition) is 5. The first-order valence-corrected chi connectivity index (χ1v) is 5.21. The second-order valence-corrected chi connectivity index (χ2v) is 3.26. The number of carbonyl (C=O) groups is 1. The van der Waals surface area contributed by atoms with E-state index in [9.17, 15) is 4.79 Å². The molecule has 0 aliphatic carbocycles. The molecule has 2 rings (SSSR count). The minimum Gasteiger partial charge on any atom is -0.462 e. The minimum atomic E-state index is -0.412. The zero-order valence-electron chi connectivity index (χ0n) is 9.33. The predicted octanol–water partition coefficient (Wildman–Crippen LogP) is 1.72. The molecule has 2 heterocycles. The first-order valence-electron chi connectivity index (χ1n) is 5.21. The quantitative estimate of drug-likeness (QED) is 0.750. The molecule has 17 heavy (non-hydrogen) atoms. The largest absolute Gasteiger partial charge is 0.462 e. The number of pyridine rings is 1. The van der Waals surface area contributed by atoms with E-state index in [1.807, 2.05) is 6.07 Å². The van der Waals surface area contributed by atoms with Crippen molar-refractivity contribution in [1.82, 2.24) is 15.0 Å². The SMILES string of the molecule is CCOC(=O)c1cnc(-c2cccnc2)nc1. The number of aromatic nitrogens is 3. The van der Waals surface area contributed by atoms with Crippen LogP contribution in [-0.2, 0) is 4.74 Å². The van der Waals surface area contributed by atoms with Crippen molar-refractivity contribution >= 4 is 5.97 Å². The maximum absolute atomic E-state index is 11.4. The van der Waals surface area contributed by atoms with Gasteiger partial charge in [0.25, 0.3) is 0 Å². The highest BCUT2D eigenvalue weighted by atomic mass is 16.5. The highest BCUT2D eigenvalue weighted by Crippen LogP contribution is 2.12. The van der Waals surface area contributed by atoms with Crippen molar-refractivity contribution in [1.29, 1.82) is 0 Å². The first-order chi connectivity index (χ1) is 8.31. The van der Waals surface area contributed by atoms with Gasteiger partial charge in [-0.2, -0.15) is 0 Å². The molecule has 0 aromatic carbocycles. The lowest BCUT2D eigenvalue weighted by Crippen LogP contribution is -2.06. The molecule has 0 N–H and O–H groups in total. The van der Waals surface area contributed by atoms with Crippen LogP contribution in [0.2, 0.25) is 0 Å². The van der Waals surface area contributed by atoms with Gasteiger partial charge in [0.15, 0.2) is 5.82 Å². The van der Waals surface area contributed by atoms with Crippen LogP contribution in [0, 0.1) is 0 Å². The lowest BCUT2D eigenvalue weighted by molar-refractivity contribution is 0.0525. The highest BCUT2D eigenvalue weighted by molar-refractivity contribution is 5.88. The van der Waals surface area contributed by atoms with E-state index in [0.717, 1.165) is 5.56 Å². The Labute approximate surface area is 98.5 Å². The Balaban J connectivity index is 2.22. The van der Waals surface area contributed by atoms with Gasteiger partial charge >= 0.3 is 5.97 Å². The smallest absolute Gasteiger partial charge is 0.341 e. The van der Waals surface area contributed by atoms with Crippen molar-refractivity contribution < 1.29 is 9.53 Å². The summed E-state index contributed by atoms with van der Waals surface area (Å²) in [4.78, 5) is 23.6. The van der Waals surface area contributed by atoms with E-state index in [1.165, 1.54) is 12.4 Å². The number of nitrogens with zero attached hydrogens (tertiary/aromatic N) is 3. The normalized spacial score (nSPS) is 9.94. The molecule has 0 unspecified atom stereocenters. The summed E-state index contributed by atoms with van der Waals surface area (Å²) < 4.78 is 4.84. The molecule has 0 spiro atoms. The van der Waals surface area contributed by atoms with Gasteiger partial charge < -0.3 is 4.74 Å². The van der Waals surface area contributed by atoms with Crippen LogP contribution in [-0.4, -0.2) is 27.5 Å². The summed E-state index contributed by atoms with van der Waals surface area (Å²) in [5, 5.41) is 0. The van der Waals surface area contributed by atoms with Crippen molar-refractivity contribution in [2.75, 3.05) is 6.61 Å². The molecule has 0 amide bonds.